The first kappa shape index (κ1) is 14.6. The van der Waals surface area contributed by atoms with Crippen molar-refractivity contribution in [2.24, 2.45) is 0 Å². The summed E-state index contributed by atoms with van der Waals surface area (Å²) in [6.45, 7) is 2.37. The number of benzene rings is 1. The molecule has 0 unspecified atom stereocenters. The van der Waals surface area contributed by atoms with Crippen LogP contribution in [-0.2, 0) is 13.0 Å². The van der Waals surface area contributed by atoms with Crippen LogP contribution in [0.25, 0.3) is 0 Å². The molecule has 0 bridgehead atoms. The fourth-order valence-corrected chi connectivity index (χ4v) is 1.91. The highest BCUT2D eigenvalue weighted by atomic mass is 16.5. The average molecular weight is 285 g/mol. The Morgan fingerprint density at radius 1 is 1.33 bits per heavy atom. The van der Waals surface area contributed by atoms with Gasteiger partial charge in [0.15, 0.2) is 0 Å². The number of hydrogen-bond donors (Lipinski definition) is 1. The monoisotopic (exact) mass is 285 g/mol. The van der Waals surface area contributed by atoms with Gasteiger partial charge >= 0.3 is 5.69 Å². The summed E-state index contributed by atoms with van der Waals surface area (Å²) in [4.78, 5) is 25.4. The third-order valence-electron chi connectivity index (χ3n) is 3.06. The van der Waals surface area contributed by atoms with Gasteiger partial charge in [0.2, 0.25) is 0 Å². The summed E-state index contributed by atoms with van der Waals surface area (Å²) in [5.74, 6) is 0.480. The number of nitriles is 1. The van der Waals surface area contributed by atoms with Gasteiger partial charge in [-0.05, 0) is 18.6 Å². The number of hydrogen-bond acceptors (Lipinski definition) is 4. The molecule has 0 amide bonds. The van der Waals surface area contributed by atoms with Gasteiger partial charge in [-0.2, -0.15) is 5.26 Å². The fraction of sp³-hybridized carbons (Fsp3) is 0.267. The molecule has 1 aromatic heterocycles. The number of rotatable bonds is 5. The first-order valence-corrected chi connectivity index (χ1v) is 6.60. The van der Waals surface area contributed by atoms with E-state index in [9.17, 15) is 9.59 Å². The van der Waals surface area contributed by atoms with Crippen LogP contribution in [0.3, 0.4) is 0 Å². The lowest BCUT2D eigenvalue weighted by Gasteiger charge is -2.09. The fourth-order valence-electron chi connectivity index (χ4n) is 1.91. The SMILES string of the molecule is CCc1cn(CCOc2ccccc2C#N)c(=O)[nH]c1=O. The summed E-state index contributed by atoms with van der Waals surface area (Å²) in [5, 5.41) is 8.95. The first-order valence-electron chi connectivity index (χ1n) is 6.60. The molecule has 2 rings (SSSR count). The van der Waals surface area contributed by atoms with E-state index < -0.39 is 5.69 Å². The molecule has 2 aromatic rings. The molecule has 0 spiro atoms. The zero-order chi connectivity index (χ0) is 15.2. The van der Waals surface area contributed by atoms with Gasteiger partial charge in [0.05, 0.1) is 12.1 Å². The number of H-pyrrole nitrogens is 1. The van der Waals surface area contributed by atoms with E-state index in [-0.39, 0.29) is 12.2 Å². The Morgan fingerprint density at radius 3 is 2.81 bits per heavy atom. The molecule has 6 nitrogen and oxygen atoms in total. The maximum Gasteiger partial charge on any atom is 0.328 e. The second kappa shape index (κ2) is 6.57. The second-order valence-electron chi connectivity index (χ2n) is 4.42. The van der Waals surface area contributed by atoms with Gasteiger partial charge in [-0.15, -0.1) is 0 Å². The van der Waals surface area contributed by atoms with Crippen LogP contribution >= 0.6 is 0 Å². The molecule has 1 aromatic carbocycles. The minimum absolute atomic E-state index is 0.230. The average Bonchev–Trinajstić information content (AvgIpc) is 2.50. The molecule has 0 saturated carbocycles. The number of aromatic amines is 1. The molecular weight excluding hydrogens is 270 g/mol. The number of aryl methyl sites for hydroxylation is 1. The summed E-state index contributed by atoms with van der Waals surface area (Å²) in [5.41, 5.74) is 0.177. The van der Waals surface area contributed by atoms with E-state index in [2.05, 4.69) is 4.98 Å². The molecule has 0 atom stereocenters. The van der Waals surface area contributed by atoms with Gasteiger partial charge in [0.25, 0.3) is 5.56 Å². The van der Waals surface area contributed by atoms with Crippen LogP contribution in [0, 0.1) is 11.3 Å². The van der Waals surface area contributed by atoms with E-state index >= 15 is 0 Å². The molecule has 0 fully saturated rings. The van der Waals surface area contributed by atoms with Crippen molar-refractivity contribution in [3.8, 4) is 11.8 Å². The summed E-state index contributed by atoms with van der Waals surface area (Å²) in [6.07, 6.45) is 2.09. The Morgan fingerprint density at radius 2 is 2.10 bits per heavy atom. The largest absolute Gasteiger partial charge is 0.490 e. The number of nitrogens with one attached hydrogen (secondary N) is 1. The third kappa shape index (κ3) is 3.39. The first-order chi connectivity index (χ1) is 10.2. The van der Waals surface area contributed by atoms with Gasteiger partial charge in [0.1, 0.15) is 18.4 Å². The van der Waals surface area contributed by atoms with Crippen molar-refractivity contribution in [1.29, 1.82) is 5.26 Å². The van der Waals surface area contributed by atoms with Gasteiger partial charge in [0, 0.05) is 11.8 Å². The Bertz CT molecular complexity index is 784. The molecular formula is C15H15N3O3. The highest BCUT2D eigenvalue weighted by Gasteiger charge is 2.05. The van der Waals surface area contributed by atoms with E-state index in [0.29, 0.717) is 29.8 Å². The molecule has 108 valence electrons. The summed E-state index contributed by atoms with van der Waals surface area (Å²) in [6, 6.07) is 8.93. The lowest BCUT2D eigenvalue weighted by molar-refractivity contribution is 0.294. The number of aromatic nitrogens is 2. The Hall–Kier alpha value is -2.81. The van der Waals surface area contributed by atoms with Crippen LogP contribution in [0.5, 0.6) is 5.75 Å². The van der Waals surface area contributed by atoms with Crippen LogP contribution in [0.15, 0.2) is 40.1 Å². The normalized spacial score (nSPS) is 10.1. The molecule has 1 heterocycles. The Balaban J connectivity index is 2.09. The Kier molecular flexibility index (Phi) is 4.57. The maximum absolute atomic E-state index is 11.7. The van der Waals surface area contributed by atoms with Gasteiger partial charge < -0.3 is 4.74 Å². The lowest BCUT2D eigenvalue weighted by Crippen LogP contribution is -2.32. The molecule has 6 heteroatoms. The summed E-state index contributed by atoms with van der Waals surface area (Å²) < 4.78 is 6.91. The summed E-state index contributed by atoms with van der Waals surface area (Å²) >= 11 is 0. The highest BCUT2D eigenvalue weighted by molar-refractivity contribution is 5.42. The van der Waals surface area contributed by atoms with Crippen LogP contribution < -0.4 is 16.0 Å². The van der Waals surface area contributed by atoms with Crippen molar-refractivity contribution in [1.82, 2.24) is 9.55 Å². The van der Waals surface area contributed by atoms with Gasteiger partial charge in [-0.1, -0.05) is 19.1 Å². The van der Waals surface area contributed by atoms with E-state index in [1.54, 1.807) is 30.5 Å². The number of para-hydroxylation sites is 1. The number of ether oxygens (including phenoxy) is 1. The van der Waals surface area contributed by atoms with Crippen molar-refractivity contribution in [3.63, 3.8) is 0 Å². The van der Waals surface area contributed by atoms with E-state index in [0.717, 1.165) is 0 Å². The van der Waals surface area contributed by atoms with Crippen molar-refractivity contribution in [3.05, 3.63) is 62.4 Å². The van der Waals surface area contributed by atoms with Crippen molar-refractivity contribution in [2.45, 2.75) is 19.9 Å². The van der Waals surface area contributed by atoms with E-state index in [1.165, 1.54) is 4.57 Å². The van der Waals surface area contributed by atoms with Gasteiger partial charge in [-0.25, -0.2) is 4.79 Å². The van der Waals surface area contributed by atoms with Crippen molar-refractivity contribution >= 4 is 0 Å². The molecule has 1 N–H and O–H groups in total. The molecule has 21 heavy (non-hydrogen) atoms. The molecule has 0 aliphatic carbocycles. The molecule has 0 aliphatic rings. The van der Waals surface area contributed by atoms with E-state index in [4.69, 9.17) is 10.00 Å². The smallest absolute Gasteiger partial charge is 0.328 e. The summed E-state index contributed by atoms with van der Waals surface area (Å²) in [7, 11) is 0. The standard InChI is InChI=1S/C15H15N3O3/c1-2-11-10-18(15(20)17-14(11)19)7-8-21-13-6-4-3-5-12(13)9-16/h3-6,10H,2,7-8H2,1H3,(H,17,19,20). The van der Waals surface area contributed by atoms with Crippen molar-refractivity contribution < 1.29 is 4.74 Å². The minimum Gasteiger partial charge on any atom is -0.490 e. The van der Waals surface area contributed by atoms with Crippen LogP contribution in [0.4, 0.5) is 0 Å². The third-order valence-corrected chi connectivity index (χ3v) is 3.06. The second-order valence-corrected chi connectivity index (χ2v) is 4.42. The Labute approximate surface area is 121 Å². The molecule has 0 saturated heterocycles. The zero-order valence-corrected chi connectivity index (χ0v) is 11.6. The van der Waals surface area contributed by atoms with Crippen LogP contribution in [0.2, 0.25) is 0 Å². The predicted octanol–water partition coefficient (Wildman–Crippen LogP) is 1.05. The van der Waals surface area contributed by atoms with Crippen LogP contribution in [0.1, 0.15) is 18.1 Å². The molecule has 0 radical (unpaired) electrons. The van der Waals surface area contributed by atoms with E-state index in [1.807, 2.05) is 13.0 Å². The lowest BCUT2D eigenvalue weighted by atomic mass is 10.2. The quantitative estimate of drug-likeness (QED) is 0.889. The highest BCUT2D eigenvalue weighted by Crippen LogP contribution is 2.16. The zero-order valence-electron chi connectivity index (χ0n) is 11.6. The predicted molar refractivity (Wildman–Crippen MR) is 77.4 cm³/mol. The van der Waals surface area contributed by atoms with Gasteiger partial charge in [-0.3, -0.25) is 14.3 Å². The topological polar surface area (TPSA) is 87.9 Å². The van der Waals surface area contributed by atoms with Crippen molar-refractivity contribution in [2.75, 3.05) is 6.61 Å². The molecule has 0 aliphatic heterocycles. The van der Waals surface area contributed by atoms with Crippen LogP contribution in [-0.4, -0.2) is 16.2 Å². The minimum atomic E-state index is -0.464. The maximum atomic E-state index is 11.7. The number of nitrogens with zero attached hydrogens (tertiary/aromatic N) is 2.